The first-order valence-corrected chi connectivity index (χ1v) is 7.27. The third kappa shape index (κ3) is 2.23. The average Bonchev–Trinajstić information content (AvgIpc) is 2.25. The minimum absolute atomic E-state index is 0.0894. The summed E-state index contributed by atoms with van der Waals surface area (Å²) in [5, 5.41) is 1.24. The molecule has 0 spiro atoms. The van der Waals surface area contributed by atoms with Crippen LogP contribution in [0.5, 0.6) is 0 Å². The first kappa shape index (κ1) is 10.9. The molecule has 2 rings (SSSR count). The van der Waals surface area contributed by atoms with Gasteiger partial charge in [0.15, 0.2) is 0 Å². The molecule has 3 nitrogen and oxygen atoms in total. The maximum Gasteiger partial charge on any atom is 0.261 e. The molecule has 2 aromatic rings. The highest BCUT2D eigenvalue weighted by Gasteiger charge is 2.15. The van der Waals surface area contributed by atoms with Gasteiger partial charge in [0.2, 0.25) is 0 Å². The van der Waals surface area contributed by atoms with Crippen molar-refractivity contribution < 1.29 is 9.79 Å². The minimum Gasteiger partial charge on any atom is -0.377 e. The topological polar surface area (TPSA) is 37.4 Å². The number of benzene rings is 2. The second-order valence-corrected chi connectivity index (χ2v) is 6.38. The van der Waals surface area contributed by atoms with Crippen molar-refractivity contribution in [3.8, 4) is 0 Å². The summed E-state index contributed by atoms with van der Waals surface area (Å²) in [6, 6.07) is 8.39. The highest BCUT2D eigenvalue weighted by molar-refractivity contribution is 8.14. The van der Waals surface area contributed by atoms with Gasteiger partial charge in [0, 0.05) is 41.2 Å². The summed E-state index contributed by atoms with van der Waals surface area (Å²) in [6.07, 6.45) is 0. The molecule has 0 aliphatic carbocycles. The molecule has 17 heavy (non-hydrogen) atoms. The van der Waals surface area contributed by atoms with E-state index in [1.165, 1.54) is 6.07 Å². The lowest BCUT2D eigenvalue weighted by atomic mass is 10.1. The van der Waals surface area contributed by atoms with Crippen LogP contribution in [0.1, 0.15) is 1.37 Å². The molecular weight excluding hydrogens is 258 g/mol. The van der Waals surface area contributed by atoms with Crippen LogP contribution in [0.25, 0.3) is 10.8 Å². The predicted octanol–water partition coefficient (Wildman–Crippen LogP) is 2.83. The van der Waals surface area contributed by atoms with E-state index in [9.17, 15) is 8.42 Å². The molecule has 0 aliphatic heterocycles. The van der Waals surface area contributed by atoms with Crippen molar-refractivity contribution in [3.63, 3.8) is 0 Å². The van der Waals surface area contributed by atoms with Crippen molar-refractivity contribution in [2.24, 2.45) is 0 Å². The molecule has 0 fully saturated rings. The lowest BCUT2D eigenvalue weighted by Gasteiger charge is -2.16. The Bertz CT molecular complexity index is 713. The van der Waals surface area contributed by atoms with Gasteiger partial charge >= 0.3 is 0 Å². The Labute approximate surface area is 106 Å². The Morgan fingerprint density at radius 2 is 1.82 bits per heavy atom. The summed E-state index contributed by atoms with van der Waals surface area (Å²) >= 11 is 0. The second kappa shape index (κ2) is 4.20. The zero-order valence-corrected chi connectivity index (χ0v) is 11.0. The van der Waals surface area contributed by atoms with Crippen LogP contribution < -0.4 is 4.90 Å². The standard InChI is InChI=1S/C12H12ClNO2S/c1-14(2)11-7-3-6-10-9(11)5-4-8-12(10)17(13,15)16/h3-8H,1-2H3/i8D. The number of fused-ring (bicyclic) bond motifs is 1. The van der Waals surface area contributed by atoms with Crippen LogP contribution in [0.2, 0.25) is 0 Å². The fourth-order valence-corrected chi connectivity index (χ4v) is 2.83. The summed E-state index contributed by atoms with van der Waals surface area (Å²) in [7, 11) is 5.22. The molecular formula is C12H12ClNO2S. The molecule has 0 radical (unpaired) electrons. The SMILES string of the molecule is [2H]c1ccc2c(N(C)C)cccc2c1S(=O)(=O)Cl. The molecule has 90 valence electrons. The second-order valence-electron chi connectivity index (χ2n) is 3.88. The van der Waals surface area contributed by atoms with E-state index in [-0.39, 0.29) is 10.9 Å². The first-order chi connectivity index (χ1) is 8.32. The summed E-state index contributed by atoms with van der Waals surface area (Å²) in [5.41, 5.74) is 0.883. The van der Waals surface area contributed by atoms with Crippen molar-refractivity contribution in [3.05, 3.63) is 36.4 Å². The van der Waals surface area contributed by atoms with Crippen LogP contribution in [-0.2, 0) is 9.05 Å². The molecule has 0 amide bonds. The Morgan fingerprint density at radius 1 is 1.18 bits per heavy atom. The van der Waals surface area contributed by atoms with E-state index in [0.717, 1.165) is 11.1 Å². The molecule has 0 unspecified atom stereocenters. The third-order valence-corrected chi connectivity index (χ3v) is 3.81. The molecule has 0 saturated heterocycles. The summed E-state index contributed by atoms with van der Waals surface area (Å²) in [5.74, 6) is 0. The fraction of sp³-hybridized carbons (Fsp3) is 0.167. The molecule has 5 heteroatoms. The van der Waals surface area contributed by atoms with E-state index < -0.39 is 9.05 Å². The van der Waals surface area contributed by atoms with Crippen LogP contribution in [0.3, 0.4) is 0 Å². The molecule has 0 N–H and O–H groups in total. The average molecular weight is 271 g/mol. The summed E-state index contributed by atoms with van der Waals surface area (Å²) in [6.45, 7) is 0. The number of halogens is 1. The Kier molecular flexibility index (Phi) is 2.68. The highest BCUT2D eigenvalue weighted by atomic mass is 35.7. The van der Waals surface area contributed by atoms with Gasteiger partial charge in [-0.25, -0.2) is 8.42 Å². The van der Waals surface area contributed by atoms with Gasteiger partial charge in [-0.2, -0.15) is 0 Å². The number of hydrogen-bond donors (Lipinski definition) is 0. The molecule has 0 saturated carbocycles. The zero-order valence-electron chi connectivity index (χ0n) is 10.4. The van der Waals surface area contributed by atoms with Gasteiger partial charge in [0.1, 0.15) is 0 Å². The quantitative estimate of drug-likeness (QED) is 0.788. The highest BCUT2D eigenvalue weighted by Crippen LogP contribution is 2.31. The summed E-state index contributed by atoms with van der Waals surface area (Å²) in [4.78, 5) is 1.75. The fourth-order valence-electron chi connectivity index (χ4n) is 1.80. The molecule has 0 aromatic heterocycles. The van der Waals surface area contributed by atoms with Crippen molar-refractivity contribution in [1.82, 2.24) is 0 Å². The first-order valence-electron chi connectivity index (χ1n) is 5.46. The van der Waals surface area contributed by atoms with Crippen LogP contribution in [-0.4, -0.2) is 22.5 Å². The Morgan fingerprint density at radius 3 is 2.41 bits per heavy atom. The predicted molar refractivity (Wildman–Crippen MR) is 71.3 cm³/mol. The monoisotopic (exact) mass is 270 g/mol. The lowest BCUT2D eigenvalue weighted by molar-refractivity contribution is 0.610. The van der Waals surface area contributed by atoms with Gasteiger partial charge in [0.25, 0.3) is 9.05 Å². The maximum atomic E-state index is 11.6. The van der Waals surface area contributed by atoms with Gasteiger partial charge in [-0.15, -0.1) is 0 Å². The molecule has 0 aliphatic rings. The van der Waals surface area contributed by atoms with Crippen LogP contribution in [0.4, 0.5) is 5.69 Å². The molecule has 2 aromatic carbocycles. The molecule has 0 bridgehead atoms. The maximum absolute atomic E-state index is 11.6. The smallest absolute Gasteiger partial charge is 0.261 e. The largest absolute Gasteiger partial charge is 0.377 e. The van der Waals surface area contributed by atoms with Gasteiger partial charge in [-0.1, -0.05) is 24.3 Å². The molecule has 0 heterocycles. The van der Waals surface area contributed by atoms with Crippen molar-refractivity contribution in [2.45, 2.75) is 4.90 Å². The minimum atomic E-state index is -3.94. The normalized spacial score (nSPS) is 12.5. The van der Waals surface area contributed by atoms with Crippen molar-refractivity contribution >= 4 is 36.2 Å². The van der Waals surface area contributed by atoms with Gasteiger partial charge < -0.3 is 4.90 Å². The Hall–Kier alpha value is -1.26. The van der Waals surface area contributed by atoms with Gasteiger partial charge in [-0.05, 0) is 12.1 Å². The van der Waals surface area contributed by atoms with Crippen LogP contribution in [0, 0.1) is 0 Å². The Balaban J connectivity index is 2.96. The number of hydrogen-bond acceptors (Lipinski definition) is 3. The van der Waals surface area contributed by atoms with E-state index in [0.29, 0.717) is 5.39 Å². The van der Waals surface area contributed by atoms with E-state index in [4.69, 9.17) is 12.1 Å². The number of anilines is 1. The third-order valence-electron chi connectivity index (χ3n) is 2.52. The van der Waals surface area contributed by atoms with Crippen LogP contribution >= 0.6 is 10.7 Å². The van der Waals surface area contributed by atoms with E-state index in [1.807, 2.05) is 25.1 Å². The van der Waals surface area contributed by atoms with Crippen molar-refractivity contribution in [1.29, 1.82) is 0 Å². The number of rotatable bonds is 2. The van der Waals surface area contributed by atoms with Crippen LogP contribution in [0.15, 0.2) is 41.3 Å². The molecule has 0 atom stereocenters. The lowest BCUT2D eigenvalue weighted by Crippen LogP contribution is -2.09. The van der Waals surface area contributed by atoms with E-state index >= 15 is 0 Å². The number of nitrogens with zero attached hydrogens (tertiary/aromatic N) is 1. The van der Waals surface area contributed by atoms with Gasteiger partial charge in [0.05, 0.1) is 6.27 Å². The summed E-state index contributed by atoms with van der Waals surface area (Å²) < 4.78 is 30.9. The van der Waals surface area contributed by atoms with E-state index in [2.05, 4.69) is 0 Å². The zero-order chi connectivity index (χ0) is 13.5. The van der Waals surface area contributed by atoms with E-state index in [1.54, 1.807) is 18.2 Å². The van der Waals surface area contributed by atoms with Crippen molar-refractivity contribution in [2.75, 3.05) is 19.0 Å². The van der Waals surface area contributed by atoms with Gasteiger partial charge in [-0.3, -0.25) is 0 Å².